The summed E-state index contributed by atoms with van der Waals surface area (Å²) in [4.78, 5) is 11.9. The summed E-state index contributed by atoms with van der Waals surface area (Å²) in [6.45, 7) is 0. The van der Waals surface area contributed by atoms with E-state index < -0.39 is 0 Å². The molecule has 0 unspecified atom stereocenters. The van der Waals surface area contributed by atoms with E-state index in [0.717, 1.165) is 12.8 Å². The molecular formula is C12H15ClN2O. The maximum Gasteiger partial charge on any atom is 0.251 e. The molecular weight excluding hydrogens is 224 g/mol. The summed E-state index contributed by atoms with van der Waals surface area (Å²) in [5, 5.41) is 3.49. The first-order chi connectivity index (χ1) is 7.65. The molecule has 0 spiro atoms. The highest BCUT2D eigenvalue weighted by atomic mass is 35.5. The molecule has 1 aliphatic rings. The van der Waals surface area contributed by atoms with Gasteiger partial charge >= 0.3 is 0 Å². The molecule has 86 valence electrons. The lowest BCUT2D eigenvalue weighted by atomic mass is 10.1. The second kappa shape index (κ2) is 4.74. The van der Waals surface area contributed by atoms with Gasteiger partial charge in [0, 0.05) is 22.3 Å². The molecule has 1 aromatic rings. The Hall–Kier alpha value is -1.22. The van der Waals surface area contributed by atoms with E-state index in [4.69, 9.17) is 17.3 Å². The van der Waals surface area contributed by atoms with Gasteiger partial charge in [-0.3, -0.25) is 4.79 Å². The molecule has 1 aliphatic carbocycles. The maximum atomic E-state index is 11.9. The Morgan fingerprint density at radius 1 is 1.31 bits per heavy atom. The van der Waals surface area contributed by atoms with Crippen molar-refractivity contribution in [2.45, 2.75) is 31.7 Å². The topological polar surface area (TPSA) is 55.1 Å². The molecule has 2 rings (SSSR count). The number of benzene rings is 1. The van der Waals surface area contributed by atoms with Crippen molar-refractivity contribution in [2.75, 3.05) is 5.73 Å². The van der Waals surface area contributed by atoms with Crippen molar-refractivity contribution in [2.24, 2.45) is 0 Å². The molecule has 0 aliphatic heterocycles. The van der Waals surface area contributed by atoms with Gasteiger partial charge in [0.1, 0.15) is 0 Å². The fourth-order valence-electron chi connectivity index (χ4n) is 2.08. The van der Waals surface area contributed by atoms with Gasteiger partial charge in [-0.2, -0.15) is 0 Å². The van der Waals surface area contributed by atoms with Gasteiger partial charge in [-0.1, -0.05) is 24.4 Å². The van der Waals surface area contributed by atoms with Crippen LogP contribution in [0, 0.1) is 0 Å². The van der Waals surface area contributed by atoms with Crippen molar-refractivity contribution in [1.82, 2.24) is 5.32 Å². The molecule has 3 N–H and O–H groups in total. The number of nitrogens with one attached hydrogen (secondary N) is 1. The lowest BCUT2D eigenvalue weighted by Crippen LogP contribution is -2.32. The molecule has 1 saturated carbocycles. The van der Waals surface area contributed by atoms with Crippen LogP contribution in [0.25, 0.3) is 0 Å². The fraction of sp³-hybridized carbons (Fsp3) is 0.417. The largest absolute Gasteiger partial charge is 0.399 e. The molecule has 0 radical (unpaired) electrons. The standard InChI is InChI=1S/C12H15ClN2O/c13-9-5-8(6-10(14)7-9)12(16)15-11-3-1-2-4-11/h5-7,11H,1-4,14H2,(H,15,16). The van der Waals surface area contributed by atoms with Gasteiger partial charge in [0.15, 0.2) is 0 Å². The van der Waals surface area contributed by atoms with Crippen LogP contribution in [0.4, 0.5) is 5.69 Å². The van der Waals surface area contributed by atoms with Gasteiger partial charge in [-0.25, -0.2) is 0 Å². The van der Waals surface area contributed by atoms with Gasteiger partial charge in [-0.05, 0) is 31.0 Å². The average Bonchev–Trinajstić information content (AvgIpc) is 2.68. The molecule has 1 amide bonds. The third-order valence-corrected chi connectivity index (χ3v) is 3.09. The van der Waals surface area contributed by atoms with Gasteiger partial charge in [0.25, 0.3) is 5.91 Å². The molecule has 0 bridgehead atoms. The van der Waals surface area contributed by atoms with Gasteiger partial charge in [0.05, 0.1) is 0 Å². The number of nitrogens with two attached hydrogens (primary N) is 1. The molecule has 0 aromatic heterocycles. The second-order valence-corrected chi connectivity index (χ2v) is 4.66. The van der Waals surface area contributed by atoms with Crippen LogP contribution in [0.3, 0.4) is 0 Å². The van der Waals surface area contributed by atoms with Crippen LogP contribution in [0.5, 0.6) is 0 Å². The van der Waals surface area contributed by atoms with Crippen LogP contribution in [-0.4, -0.2) is 11.9 Å². The highest BCUT2D eigenvalue weighted by Crippen LogP contribution is 2.20. The van der Waals surface area contributed by atoms with Crippen molar-refractivity contribution in [3.8, 4) is 0 Å². The number of hydrogen-bond donors (Lipinski definition) is 2. The number of rotatable bonds is 2. The zero-order valence-corrected chi connectivity index (χ0v) is 9.76. The number of amides is 1. The molecule has 16 heavy (non-hydrogen) atoms. The Kier molecular flexibility index (Phi) is 3.34. The zero-order valence-electron chi connectivity index (χ0n) is 9.00. The summed E-state index contributed by atoms with van der Waals surface area (Å²) in [6.07, 6.45) is 4.54. The Balaban J connectivity index is 2.07. The van der Waals surface area contributed by atoms with Crippen molar-refractivity contribution >= 4 is 23.2 Å². The Bertz CT molecular complexity index is 380. The summed E-state index contributed by atoms with van der Waals surface area (Å²) >= 11 is 5.85. The van der Waals surface area contributed by atoms with Crippen LogP contribution in [-0.2, 0) is 0 Å². The van der Waals surface area contributed by atoms with Crippen LogP contribution in [0.15, 0.2) is 18.2 Å². The highest BCUT2D eigenvalue weighted by molar-refractivity contribution is 6.31. The maximum absolute atomic E-state index is 11.9. The molecule has 1 fully saturated rings. The number of nitrogen functional groups attached to an aromatic ring is 1. The van der Waals surface area contributed by atoms with Crippen LogP contribution in [0.1, 0.15) is 36.0 Å². The molecule has 3 nitrogen and oxygen atoms in total. The summed E-state index contributed by atoms with van der Waals surface area (Å²) in [5.74, 6) is -0.0823. The average molecular weight is 239 g/mol. The number of hydrogen-bond acceptors (Lipinski definition) is 2. The number of halogens is 1. The first-order valence-electron chi connectivity index (χ1n) is 5.52. The van der Waals surface area contributed by atoms with E-state index in [-0.39, 0.29) is 5.91 Å². The number of carbonyl (C=O) groups excluding carboxylic acids is 1. The van der Waals surface area contributed by atoms with E-state index in [9.17, 15) is 4.79 Å². The minimum absolute atomic E-state index is 0.0823. The SMILES string of the molecule is Nc1cc(Cl)cc(C(=O)NC2CCCC2)c1. The first kappa shape index (κ1) is 11.3. The minimum atomic E-state index is -0.0823. The van der Waals surface area contributed by atoms with E-state index >= 15 is 0 Å². The van der Waals surface area contributed by atoms with Crippen LogP contribution >= 0.6 is 11.6 Å². The number of carbonyl (C=O) groups is 1. The summed E-state index contributed by atoms with van der Waals surface area (Å²) < 4.78 is 0. The Labute approximate surface area is 100.0 Å². The van der Waals surface area contributed by atoms with Crippen LogP contribution < -0.4 is 11.1 Å². The zero-order chi connectivity index (χ0) is 11.5. The number of anilines is 1. The lowest BCUT2D eigenvalue weighted by molar-refractivity contribution is 0.0938. The van der Waals surface area contributed by atoms with Crippen molar-refractivity contribution in [1.29, 1.82) is 0 Å². The van der Waals surface area contributed by atoms with E-state index in [1.807, 2.05) is 0 Å². The predicted octanol–water partition coefficient (Wildman–Crippen LogP) is 2.59. The normalized spacial score (nSPS) is 16.3. The fourth-order valence-corrected chi connectivity index (χ4v) is 2.33. The first-order valence-corrected chi connectivity index (χ1v) is 5.90. The summed E-state index contributed by atoms with van der Waals surface area (Å²) in [6, 6.07) is 5.24. The van der Waals surface area contributed by atoms with Gasteiger partial charge in [0.2, 0.25) is 0 Å². The molecule has 4 heteroatoms. The summed E-state index contributed by atoms with van der Waals surface area (Å²) in [5.41, 5.74) is 6.70. The quantitative estimate of drug-likeness (QED) is 0.779. The van der Waals surface area contributed by atoms with Crippen molar-refractivity contribution in [3.05, 3.63) is 28.8 Å². The van der Waals surface area contributed by atoms with E-state index in [1.54, 1.807) is 18.2 Å². The second-order valence-electron chi connectivity index (χ2n) is 4.23. The Morgan fingerprint density at radius 2 is 2.00 bits per heavy atom. The third-order valence-electron chi connectivity index (χ3n) is 2.87. The van der Waals surface area contributed by atoms with E-state index in [1.165, 1.54) is 12.8 Å². The highest BCUT2D eigenvalue weighted by Gasteiger charge is 2.18. The monoisotopic (exact) mass is 238 g/mol. The van der Waals surface area contributed by atoms with Gasteiger partial charge < -0.3 is 11.1 Å². The Morgan fingerprint density at radius 3 is 2.62 bits per heavy atom. The van der Waals surface area contributed by atoms with Crippen LogP contribution in [0.2, 0.25) is 5.02 Å². The lowest BCUT2D eigenvalue weighted by Gasteiger charge is -2.12. The summed E-state index contributed by atoms with van der Waals surface area (Å²) in [7, 11) is 0. The van der Waals surface area contributed by atoms with E-state index in [2.05, 4.69) is 5.32 Å². The minimum Gasteiger partial charge on any atom is -0.399 e. The van der Waals surface area contributed by atoms with Gasteiger partial charge in [-0.15, -0.1) is 0 Å². The van der Waals surface area contributed by atoms with Crippen molar-refractivity contribution < 1.29 is 4.79 Å². The molecule has 0 atom stereocenters. The molecule has 0 heterocycles. The smallest absolute Gasteiger partial charge is 0.251 e. The molecule has 0 saturated heterocycles. The predicted molar refractivity (Wildman–Crippen MR) is 65.6 cm³/mol. The molecule has 1 aromatic carbocycles. The van der Waals surface area contributed by atoms with Crippen molar-refractivity contribution in [3.63, 3.8) is 0 Å². The third kappa shape index (κ3) is 2.67. The van der Waals surface area contributed by atoms with E-state index in [0.29, 0.717) is 22.3 Å².